The zero-order valence-electron chi connectivity index (χ0n) is 20.1. The molecule has 1 aliphatic rings. The topological polar surface area (TPSA) is 125 Å². The minimum absolute atomic E-state index is 0.0260. The van der Waals surface area contributed by atoms with Crippen molar-refractivity contribution >= 4 is 22.4 Å². The van der Waals surface area contributed by atoms with Gasteiger partial charge in [0.2, 0.25) is 5.13 Å². The molecule has 13 heteroatoms. The van der Waals surface area contributed by atoms with Crippen molar-refractivity contribution in [3.05, 3.63) is 69.2 Å². The minimum Gasteiger partial charge on any atom is -0.494 e. The molecule has 0 spiro atoms. The quantitative estimate of drug-likeness (QED) is 0.370. The number of nitrogens with zero attached hydrogens (tertiary/aromatic N) is 6. The predicted molar refractivity (Wildman–Crippen MR) is 135 cm³/mol. The van der Waals surface area contributed by atoms with Crippen molar-refractivity contribution in [1.29, 1.82) is 0 Å². The van der Waals surface area contributed by atoms with Gasteiger partial charge in [0.1, 0.15) is 23.0 Å². The molecule has 0 saturated heterocycles. The van der Waals surface area contributed by atoms with E-state index >= 15 is 0 Å². The van der Waals surface area contributed by atoms with E-state index in [-0.39, 0.29) is 39.1 Å². The number of methoxy groups -OCH3 is 1. The summed E-state index contributed by atoms with van der Waals surface area (Å²) < 4.78 is 33.7. The Balaban J connectivity index is 1.59. The maximum atomic E-state index is 13.5. The number of rotatable bonds is 6. The number of hydrogen-bond donors (Lipinski definition) is 1. The number of halogens is 2. The molecule has 0 radical (unpaired) electrons. The number of nitrogens with one attached hydrogen (secondary N) is 1. The highest BCUT2D eigenvalue weighted by molar-refractivity contribution is 7.15. The van der Waals surface area contributed by atoms with Crippen molar-refractivity contribution in [3.8, 4) is 34.5 Å². The van der Waals surface area contributed by atoms with Crippen LogP contribution in [0.1, 0.15) is 46.0 Å². The van der Waals surface area contributed by atoms with Gasteiger partial charge < -0.3 is 4.74 Å². The number of anilines is 1. The summed E-state index contributed by atoms with van der Waals surface area (Å²) in [6.07, 6.45) is 4.52. The fourth-order valence-corrected chi connectivity index (χ4v) is 4.10. The van der Waals surface area contributed by atoms with E-state index in [0.717, 1.165) is 36.4 Å². The molecule has 0 unspecified atom stereocenters. The lowest BCUT2D eigenvalue weighted by atomic mass is 10.00. The van der Waals surface area contributed by atoms with Crippen LogP contribution in [0.3, 0.4) is 0 Å². The first-order valence-electron chi connectivity index (χ1n) is 11.4. The summed E-state index contributed by atoms with van der Waals surface area (Å²) in [6.45, 7) is 1.55. The molecule has 38 heavy (non-hydrogen) atoms. The molecular formula is C25H19F2N7O3S. The van der Waals surface area contributed by atoms with Gasteiger partial charge in [-0.25, -0.2) is 13.8 Å². The lowest BCUT2D eigenvalue weighted by molar-refractivity contribution is 0.102. The third kappa shape index (κ3) is 5.25. The fraction of sp³-hybridized carbons (Fsp3) is 0.240. The van der Waals surface area contributed by atoms with Crippen LogP contribution < -0.4 is 15.6 Å². The van der Waals surface area contributed by atoms with Crippen molar-refractivity contribution < 1.29 is 18.3 Å². The minimum atomic E-state index is -2.86. The summed E-state index contributed by atoms with van der Waals surface area (Å²) in [5, 5.41) is 11.3. The Hall–Kier alpha value is -4.57. The maximum Gasteiger partial charge on any atom is 0.280 e. The molecule has 4 heterocycles. The van der Waals surface area contributed by atoms with Gasteiger partial charge in [-0.2, -0.15) is 0 Å². The summed E-state index contributed by atoms with van der Waals surface area (Å²) in [5.41, 5.74) is -0.321. The average molecular weight is 536 g/mol. The van der Waals surface area contributed by atoms with E-state index in [0.29, 0.717) is 10.9 Å². The van der Waals surface area contributed by atoms with Gasteiger partial charge in [0, 0.05) is 35.6 Å². The summed E-state index contributed by atoms with van der Waals surface area (Å²) in [4.78, 5) is 38.0. The average Bonchev–Trinajstić information content (AvgIpc) is 3.65. The van der Waals surface area contributed by atoms with Gasteiger partial charge in [-0.3, -0.25) is 29.4 Å². The second kappa shape index (κ2) is 10.4. The number of amides is 1. The van der Waals surface area contributed by atoms with Crippen molar-refractivity contribution in [2.45, 2.75) is 26.2 Å². The molecule has 1 aliphatic carbocycles. The number of carbonyl (C=O) groups excluding carboxylic acids is 1. The molecule has 0 aromatic carbocycles. The fourth-order valence-electron chi connectivity index (χ4n) is 3.50. The van der Waals surface area contributed by atoms with Crippen LogP contribution in [0.25, 0.3) is 16.9 Å². The number of carbonyl (C=O) groups is 1. The largest absolute Gasteiger partial charge is 0.494 e. The Morgan fingerprint density at radius 1 is 1.18 bits per heavy atom. The molecule has 1 fully saturated rings. The zero-order valence-corrected chi connectivity index (χ0v) is 20.9. The summed E-state index contributed by atoms with van der Waals surface area (Å²) >= 11 is 1.11. The highest BCUT2D eigenvalue weighted by Crippen LogP contribution is 2.35. The first-order valence-corrected chi connectivity index (χ1v) is 12.2. The van der Waals surface area contributed by atoms with Gasteiger partial charge in [-0.15, -0.1) is 10.2 Å². The van der Waals surface area contributed by atoms with Crippen LogP contribution in [0.5, 0.6) is 5.75 Å². The second-order valence-electron chi connectivity index (χ2n) is 8.30. The Morgan fingerprint density at radius 3 is 2.74 bits per heavy atom. The number of ether oxygens (including phenoxy) is 1. The SMILES string of the molecule is COc1cnc(C(F)F)cc1-c1cc(-n2ccnc(C)c2=O)ncc1C(=O)Nc1nnc(C#CC2CC2)s1. The molecule has 1 amide bonds. The van der Waals surface area contributed by atoms with Gasteiger partial charge in [0.05, 0.1) is 18.9 Å². The number of hydrogen-bond acceptors (Lipinski definition) is 9. The molecule has 1 saturated carbocycles. The molecule has 4 aromatic heterocycles. The molecular weight excluding hydrogens is 516 g/mol. The normalized spacial score (nSPS) is 12.7. The van der Waals surface area contributed by atoms with Crippen molar-refractivity contribution in [1.82, 2.24) is 29.7 Å². The van der Waals surface area contributed by atoms with E-state index in [4.69, 9.17) is 4.74 Å². The smallest absolute Gasteiger partial charge is 0.280 e. The van der Waals surface area contributed by atoms with Crippen molar-refractivity contribution in [3.63, 3.8) is 0 Å². The van der Waals surface area contributed by atoms with Gasteiger partial charge >= 0.3 is 0 Å². The van der Waals surface area contributed by atoms with Crippen molar-refractivity contribution in [2.24, 2.45) is 5.92 Å². The number of pyridine rings is 2. The predicted octanol–water partition coefficient (Wildman–Crippen LogP) is 3.81. The molecule has 0 bridgehead atoms. The highest BCUT2D eigenvalue weighted by atomic mass is 32.1. The summed E-state index contributed by atoms with van der Waals surface area (Å²) in [7, 11) is 1.35. The Morgan fingerprint density at radius 2 is 2.00 bits per heavy atom. The lowest BCUT2D eigenvalue weighted by Gasteiger charge is -2.15. The van der Waals surface area contributed by atoms with Gasteiger partial charge in [-0.1, -0.05) is 17.3 Å². The van der Waals surface area contributed by atoms with E-state index in [1.807, 2.05) is 0 Å². The van der Waals surface area contributed by atoms with E-state index in [1.54, 1.807) is 6.92 Å². The molecule has 0 aliphatic heterocycles. The van der Waals surface area contributed by atoms with Gasteiger partial charge in [0.25, 0.3) is 17.9 Å². The van der Waals surface area contributed by atoms with Gasteiger partial charge in [-0.05, 0) is 37.8 Å². The van der Waals surface area contributed by atoms with Gasteiger partial charge in [0.15, 0.2) is 5.01 Å². The number of alkyl halides is 2. The molecule has 10 nitrogen and oxygen atoms in total. The Bertz CT molecular complexity index is 1650. The van der Waals surface area contributed by atoms with Crippen LogP contribution >= 0.6 is 11.3 Å². The number of aryl methyl sites for hydroxylation is 1. The van der Waals surface area contributed by atoms with Crippen LogP contribution in [-0.2, 0) is 0 Å². The third-order valence-corrected chi connectivity index (χ3v) is 6.38. The molecule has 1 N–H and O–H groups in total. The monoisotopic (exact) mass is 535 g/mol. The highest BCUT2D eigenvalue weighted by Gasteiger charge is 2.22. The standard InChI is InChI=1S/C25H19F2N7O3S/c1-13-24(36)34(8-7-28-13)20-10-15(16-9-18(22(26)27)29-12-19(16)37-2)17(11-30-20)23(35)31-25-33-32-21(38-25)6-5-14-3-4-14/h7-12,14,22H,3-4H2,1-2H3,(H,31,33,35). The molecule has 5 rings (SSSR count). The van der Waals surface area contributed by atoms with Crippen LogP contribution in [0.2, 0.25) is 0 Å². The second-order valence-corrected chi connectivity index (χ2v) is 9.27. The Labute approximate surface area is 218 Å². The molecule has 0 atom stereocenters. The van der Waals surface area contributed by atoms with Crippen LogP contribution in [0.15, 0.2) is 41.7 Å². The zero-order chi connectivity index (χ0) is 26.8. The van der Waals surface area contributed by atoms with E-state index in [9.17, 15) is 18.4 Å². The first kappa shape index (κ1) is 25.1. The van der Waals surface area contributed by atoms with E-state index in [1.165, 1.54) is 36.3 Å². The van der Waals surface area contributed by atoms with E-state index < -0.39 is 23.6 Å². The number of aromatic nitrogens is 6. The third-order valence-electron chi connectivity index (χ3n) is 5.62. The maximum absolute atomic E-state index is 13.5. The van der Waals surface area contributed by atoms with Crippen LogP contribution in [0, 0.1) is 24.7 Å². The van der Waals surface area contributed by atoms with Crippen LogP contribution in [-0.4, -0.2) is 42.7 Å². The summed E-state index contributed by atoms with van der Waals surface area (Å²) in [6, 6.07) is 2.58. The van der Waals surface area contributed by atoms with Crippen molar-refractivity contribution in [2.75, 3.05) is 12.4 Å². The van der Waals surface area contributed by atoms with E-state index in [2.05, 4.69) is 42.3 Å². The lowest BCUT2D eigenvalue weighted by Crippen LogP contribution is -2.22. The first-order chi connectivity index (χ1) is 18.3. The Kier molecular flexibility index (Phi) is 6.89. The molecule has 4 aromatic rings. The van der Waals surface area contributed by atoms with Crippen LogP contribution in [0.4, 0.5) is 13.9 Å². The molecule has 192 valence electrons. The summed E-state index contributed by atoms with van der Waals surface area (Å²) in [5.74, 6) is 6.09.